The molecule has 0 aliphatic rings. The van der Waals surface area contributed by atoms with Gasteiger partial charge >= 0.3 is 0 Å². The van der Waals surface area contributed by atoms with Gasteiger partial charge < -0.3 is 4.74 Å². The maximum atomic E-state index is 14.5. The summed E-state index contributed by atoms with van der Waals surface area (Å²) in [6.07, 6.45) is 5.10. The average Bonchev–Trinajstić information content (AvgIpc) is 3.57. The van der Waals surface area contributed by atoms with E-state index in [0.29, 0.717) is 29.2 Å². The van der Waals surface area contributed by atoms with Gasteiger partial charge in [0.25, 0.3) is 0 Å². The first kappa shape index (κ1) is 31.4. The lowest BCUT2D eigenvalue weighted by atomic mass is 9.88. The van der Waals surface area contributed by atoms with Crippen molar-refractivity contribution in [2.45, 2.75) is 59.8 Å². The van der Waals surface area contributed by atoms with E-state index in [0.717, 1.165) is 56.4 Å². The van der Waals surface area contributed by atoms with Crippen molar-refractivity contribution in [3.05, 3.63) is 132 Å². The van der Waals surface area contributed by atoms with Crippen LogP contribution in [0.1, 0.15) is 62.9 Å². The zero-order valence-electron chi connectivity index (χ0n) is 28.2. The highest BCUT2D eigenvalue weighted by atomic mass is 19.1. The Labute approximate surface area is 281 Å². The smallest absolute Gasteiger partial charge is 0.140 e. The van der Waals surface area contributed by atoms with Crippen molar-refractivity contribution in [1.82, 2.24) is 19.3 Å². The molecule has 48 heavy (non-hydrogen) atoms. The molecule has 2 unspecified atom stereocenters. The fraction of sp³-hybridized carbons (Fsp3) is 0.238. The molecule has 7 rings (SSSR count). The van der Waals surface area contributed by atoms with Gasteiger partial charge in [-0.2, -0.15) is 5.10 Å². The van der Waals surface area contributed by atoms with Crippen LogP contribution in [0.25, 0.3) is 44.4 Å². The highest BCUT2D eigenvalue weighted by molar-refractivity contribution is 6.09. The second-order valence-electron chi connectivity index (χ2n) is 13.1. The van der Waals surface area contributed by atoms with Crippen LogP contribution in [0.15, 0.2) is 109 Å². The van der Waals surface area contributed by atoms with Gasteiger partial charge in [0.1, 0.15) is 23.1 Å². The van der Waals surface area contributed by atoms with E-state index in [1.165, 1.54) is 36.7 Å². The molecule has 0 bridgehead atoms. The third kappa shape index (κ3) is 5.99. The molecule has 0 aliphatic carbocycles. The van der Waals surface area contributed by atoms with Gasteiger partial charge in [-0.25, -0.2) is 14.1 Å². The molecule has 0 fully saturated rings. The molecule has 0 saturated heterocycles. The molecule has 0 spiro atoms. The van der Waals surface area contributed by atoms with Crippen LogP contribution in [0.4, 0.5) is 4.39 Å². The van der Waals surface area contributed by atoms with Crippen LogP contribution in [-0.4, -0.2) is 19.3 Å². The number of aryl methyl sites for hydroxylation is 1. The third-order valence-electron chi connectivity index (χ3n) is 9.46. The van der Waals surface area contributed by atoms with Crippen molar-refractivity contribution >= 4 is 21.8 Å². The van der Waals surface area contributed by atoms with Crippen molar-refractivity contribution < 1.29 is 9.13 Å². The summed E-state index contributed by atoms with van der Waals surface area (Å²) in [5.41, 5.74) is 8.46. The molecule has 2 atom stereocenters. The Bertz CT molecular complexity index is 2230. The molecule has 3 heterocycles. The van der Waals surface area contributed by atoms with Gasteiger partial charge in [-0.1, -0.05) is 76.1 Å². The van der Waals surface area contributed by atoms with Crippen LogP contribution in [0.5, 0.6) is 11.5 Å². The standard InChI is InChI=1S/C42H41FN4O/c1-6-11-27(2)22-28(3)32-16-19-39-38(23-32)37-18-17-36(26-40(37)46(39)41-24-33(43)20-21-44-41)48-35-15-10-14-34(25-35)47-30(5)42(29(4)45-47)31-12-8-7-9-13-31/h7-10,12-21,23-28H,6,11,22H2,1-5H3. The first-order valence-corrected chi connectivity index (χ1v) is 16.9. The average molecular weight is 637 g/mol. The van der Waals surface area contributed by atoms with E-state index < -0.39 is 0 Å². The Kier molecular flexibility index (Phi) is 8.57. The normalized spacial score (nSPS) is 12.9. The van der Waals surface area contributed by atoms with Crippen LogP contribution in [0.3, 0.4) is 0 Å². The van der Waals surface area contributed by atoms with E-state index in [9.17, 15) is 4.39 Å². The Balaban J connectivity index is 1.27. The van der Waals surface area contributed by atoms with Crippen LogP contribution in [0.2, 0.25) is 0 Å². The SMILES string of the molecule is CCCC(C)CC(C)c1ccc2c(c1)c1ccc(Oc3cccc(-n4nc(C)c(-c5ccccc5)c4C)c3)cc1n2-c1cc(F)ccn1. The molecule has 0 aliphatic heterocycles. The topological polar surface area (TPSA) is 44.9 Å². The molecule has 0 saturated carbocycles. The maximum Gasteiger partial charge on any atom is 0.140 e. The number of hydrogen-bond donors (Lipinski definition) is 0. The summed E-state index contributed by atoms with van der Waals surface area (Å²) in [5, 5.41) is 7.08. The van der Waals surface area contributed by atoms with Crippen molar-refractivity contribution in [3.63, 3.8) is 0 Å². The zero-order chi connectivity index (χ0) is 33.4. The van der Waals surface area contributed by atoms with Gasteiger partial charge in [0.15, 0.2) is 0 Å². The summed E-state index contributed by atoms with van der Waals surface area (Å²) in [6, 6.07) is 34.0. The minimum Gasteiger partial charge on any atom is -0.457 e. The molecule has 6 heteroatoms. The van der Waals surface area contributed by atoms with Crippen LogP contribution in [0, 0.1) is 25.6 Å². The van der Waals surface area contributed by atoms with Gasteiger partial charge in [-0.3, -0.25) is 4.57 Å². The van der Waals surface area contributed by atoms with Gasteiger partial charge in [-0.15, -0.1) is 0 Å². The Hall–Kier alpha value is -5.23. The lowest BCUT2D eigenvalue weighted by molar-refractivity contribution is 0.449. The van der Waals surface area contributed by atoms with E-state index in [1.807, 2.05) is 58.6 Å². The number of hydrogen-bond acceptors (Lipinski definition) is 3. The Morgan fingerprint density at radius 3 is 2.40 bits per heavy atom. The first-order valence-electron chi connectivity index (χ1n) is 16.9. The van der Waals surface area contributed by atoms with Crippen molar-refractivity contribution in [2.75, 3.05) is 0 Å². The molecule has 3 aromatic heterocycles. The molecule has 5 nitrogen and oxygen atoms in total. The van der Waals surface area contributed by atoms with Gasteiger partial charge in [0, 0.05) is 46.4 Å². The number of ether oxygens (including phenoxy) is 1. The Morgan fingerprint density at radius 2 is 1.60 bits per heavy atom. The second-order valence-corrected chi connectivity index (χ2v) is 13.1. The summed E-state index contributed by atoms with van der Waals surface area (Å²) in [4.78, 5) is 4.57. The fourth-order valence-electron chi connectivity index (χ4n) is 7.23. The lowest BCUT2D eigenvalue weighted by Gasteiger charge is -2.17. The van der Waals surface area contributed by atoms with E-state index in [4.69, 9.17) is 9.84 Å². The zero-order valence-corrected chi connectivity index (χ0v) is 28.2. The second kappa shape index (κ2) is 13.1. The van der Waals surface area contributed by atoms with Crippen molar-refractivity contribution in [3.8, 4) is 34.1 Å². The number of rotatable bonds is 10. The predicted molar refractivity (Wildman–Crippen MR) is 194 cm³/mol. The quantitative estimate of drug-likeness (QED) is 0.150. The fourth-order valence-corrected chi connectivity index (χ4v) is 7.23. The van der Waals surface area contributed by atoms with Crippen molar-refractivity contribution in [1.29, 1.82) is 0 Å². The molecular formula is C42H41FN4O. The lowest BCUT2D eigenvalue weighted by Crippen LogP contribution is -2.02. The Morgan fingerprint density at radius 1 is 0.792 bits per heavy atom. The van der Waals surface area contributed by atoms with Crippen LogP contribution >= 0.6 is 0 Å². The first-order chi connectivity index (χ1) is 23.3. The number of nitrogens with zero attached hydrogens (tertiary/aromatic N) is 4. The number of pyridine rings is 1. The third-order valence-corrected chi connectivity index (χ3v) is 9.46. The summed E-state index contributed by atoms with van der Waals surface area (Å²) < 4.78 is 25.0. The van der Waals surface area contributed by atoms with Gasteiger partial charge in [0.2, 0.25) is 0 Å². The largest absolute Gasteiger partial charge is 0.457 e. The number of benzene rings is 4. The van der Waals surface area contributed by atoms with Crippen LogP contribution < -0.4 is 4.74 Å². The van der Waals surface area contributed by atoms with Gasteiger partial charge in [0.05, 0.1) is 22.4 Å². The van der Waals surface area contributed by atoms with Crippen LogP contribution in [-0.2, 0) is 0 Å². The van der Waals surface area contributed by atoms with E-state index in [-0.39, 0.29) is 5.82 Å². The minimum atomic E-state index is -0.325. The molecule has 242 valence electrons. The van der Waals surface area contributed by atoms with Gasteiger partial charge in [-0.05, 0) is 85.7 Å². The molecule has 0 radical (unpaired) electrons. The molecular weight excluding hydrogens is 595 g/mol. The number of fused-ring (bicyclic) bond motifs is 3. The van der Waals surface area contributed by atoms with E-state index in [1.54, 1.807) is 0 Å². The van der Waals surface area contributed by atoms with Crippen molar-refractivity contribution in [2.24, 2.45) is 5.92 Å². The molecule has 0 N–H and O–H groups in total. The molecule has 7 aromatic rings. The molecule has 4 aromatic carbocycles. The number of aromatic nitrogens is 4. The highest BCUT2D eigenvalue weighted by Gasteiger charge is 2.19. The summed E-state index contributed by atoms with van der Waals surface area (Å²) >= 11 is 0. The van der Waals surface area contributed by atoms with E-state index >= 15 is 0 Å². The predicted octanol–water partition coefficient (Wildman–Crippen LogP) is 11.5. The minimum absolute atomic E-state index is 0.325. The molecule has 0 amide bonds. The van der Waals surface area contributed by atoms with E-state index in [2.05, 4.69) is 81.2 Å². The highest BCUT2D eigenvalue weighted by Crippen LogP contribution is 2.38. The summed E-state index contributed by atoms with van der Waals surface area (Å²) in [5.74, 6) is 2.69. The monoisotopic (exact) mass is 636 g/mol. The number of halogens is 1. The maximum absolute atomic E-state index is 14.5. The summed E-state index contributed by atoms with van der Waals surface area (Å²) in [7, 11) is 0. The summed E-state index contributed by atoms with van der Waals surface area (Å²) in [6.45, 7) is 11.1.